The van der Waals surface area contributed by atoms with E-state index in [-0.39, 0.29) is 0 Å². The largest absolute Gasteiger partial charge is 0.399 e. The lowest BCUT2D eigenvalue weighted by atomic mass is 9.89. The third-order valence-electron chi connectivity index (χ3n) is 7.69. The summed E-state index contributed by atoms with van der Waals surface area (Å²) in [5.41, 5.74) is 11.1. The molecule has 0 bridgehead atoms. The molecule has 0 spiro atoms. The first kappa shape index (κ1) is 24.6. The monoisotopic (exact) mass is 485 g/mol. The lowest BCUT2D eigenvalue weighted by Gasteiger charge is -2.40. The van der Waals surface area contributed by atoms with E-state index in [1.165, 1.54) is 37.8 Å². The van der Waals surface area contributed by atoms with Crippen molar-refractivity contribution in [3.05, 3.63) is 72.4 Å². The highest BCUT2D eigenvalue weighted by Crippen LogP contribution is 2.28. The van der Waals surface area contributed by atoms with E-state index in [1.54, 1.807) is 6.92 Å². The van der Waals surface area contributed by atoms with Gasteiger partial charge < -0.3 is 26.4 Å². The van der Waals surface area contributed by atoms with Gasteiger partial charge in [0.05, 0.1) is 6.10 Å². The van der Waals surface area contributed by atoms with Crippen LogP contribution >= 0.6 is 0 Å². The van der Waals surface area contributed by atoms with Crippen LogP contribution in [0.25, 0.3) is 11.1 Å². The Hall–Kier alpha value is -3.09. The van der Waals surface area contributed by atoms with E-state index in [4.69, 9.17) is 5.73 Å². The van der Waals surface area contributed by atoms with E-state index >= 15 is 0 Å². The molecule has 0 amide bonds. The van der Waals surface area contributed by atoms with Crippen LogP contribution in [0.2, 0.25) is 0 Å². The molecule has 6 nitrogen and oxygen atoms in total. The van der Waals surface area contributed by atoms with Gasteiger partial charge >= 0.3 is 0 Å². The lowest BCUT2D eigenvalue weighted by Crippen LogP contribution is -2.54. The second-order valence-corrected chi connectivity index (χ2v) is 10.4. The molecule has 2 aromatic carbocycles. The zero-order valence-electron chi connectivity index (χ0n) is 21.2. The van der Waals surface area contributed by atoms with Gasteiger partial charge in [0.15, 0.2) is 0 Å². The molecule has 4 atom stereocenters. The molecule has 1 aromatic heterocycles. The Morgan fingerprint density at radius 3 is 2.53 bits per heavy atom. The van der Waals surface area contributed by atoms with E-state index < -0.39 is 6.10 Å². The Labute approximate surface area is 214 Å². The van der Waals surface area contributed by atoms with Crippen molar-refractivity contribution < 1.29 is 5.11 Å². The number of rotatable bonds is 7. The molecule has 6 heteroatoms. The number of nitrogen functional groups attached to an aromatic ring is 1. The van der Waals surface area contributed by atoms with Crippen molar-refractivity contribution in [2.24, 2.45) is 0 Å². The van der Waals surface area contributed by atoms with Crippen LogP contribution in [0.4, 0.5) is 17.2 Å². The molecule has 0 unspecified atom stereocenters. The number of hydrogen-bond acceptors (Lipinski definition) is 6. The second-order valence-electron chi connectivity index (χ2n) is 10.4. The zero-order valence-corrected chi connectivity index (χ0v) is 21.2. The summed E-state index contributed by atoms with van der Waals surface area (Å²) in [6.07, 6.45) is 8.65. The van der Waals surface area contributed by atoms with Gasteiger partial charge in [-0.1, -0.05) is 31.0 Å². The first-order valence-electron chi connectivity index (χ1n) is 13.4. The van der Waals surface area contributed by atoms with Crippen LogP contribution in [-0.2, 0) is 0 Å². The molecule has 2 aliphatic rings. The van der Waals surface area contributed by atoms with Gasteiger partial charge in [-0.2, -0.15) is 0 Å². The summed E-state index contributed by atoms with van der Waals surface area (Å²) in [7, 11) is 0. The number of nitrogens with two attached hydrogens (primary N) is 1. The van der Waals surface area contributed by atoms with Crippen molar-refractivity contribution in [2.75, 3.05) is 29.0 Å². The predicted molar refractivity (Wildman–Crippen MR) is 149 cm³/mol. The fraction of sp³-hybridized carbons (Fsp3) is 0.433. The summed E-state index contributed by atoms with van der Waals surface area (Å²) in [5, 5.41) is 17.8. The fourth-order valence-electron chi connectivity index (χ4n) is 5.70. The SMILES string of the molecule is C[C@@H](O)c1cccc(-c2ccnc(N[C@@H]3CCCC[C@H]3N[C@H]3CCCN(c4ccc(N)cc4)C3)c2)c1. The van der Waals surface area contributed by atoms with E-state index in [2.05, 4.69) is 50.8 Å². The minimum Gasteiger partial charge on any atom is -0.399 e. The summed E-state index contributed by atoms with van der Waals surface area (Å²) >= 11 is 0. The Bertz CT molecular complexity index is 1130. The fourth-order valence-corrected chi connectivity index (χ4v) is 5.70. The van der Waals surface area contributed by atoms with Crippen LogP contribution in [-0.4, -0.2) is 41.3 Å². The Kier molecular flexibility index (Phi) is 7.73. The summed E-state index contributed by atoms with van der Waals surface area (Å²) in [6.45, 7) is 3.93. The number of benzene rings is 2. The minimum absolute atomic E-state index is 0.359. The third-order valence-corrected chi connectivity index (χ3v) is 7.69. The molecule has 1 aliphatic heterocycles. The number of hydrogen-bond donors (Lipinski definition) is 4. The van der Waals surface area contributed by atoms with E-state index in [0.29, 0.717) is 18.1 Å². The maximum atomic E-state index is 9.98. The van der Waals surface area contributed by atoms with Gasteiger partial charge in [0.25, 0.3) is 0 Å². The molecule has 1 saturated heterocycles. The molecular weight excluding hydrogens is 446 g/mol. The molecular formula is C30H39N5O. The highest BCUT2D eigenvalue weighted by atomic mass is 16.3. The van der Waals surface area contributed by atoms with E-state index in [9.17, 15) is 5.11 Å². The van der Waals surface area contributed by atoms with Gasteiger partial charge in [-0.25, -0.2) is 4.98 Å². The maximum absolute atomic E-state index is 9.98. The van der Waals surface area contributed by atoms with Gasteiger partial charge in [-0.15, -0.1) is 0 Å². The first-order chi connectivity index (χ1) is 17.5. The molecule has 1 aliphatic carbocycles. The van der Waals surface area contributed by atoms with E-state index in [1.807, 2.05) is 36.5 Å². The van der Waals surface area contributed by atoms with Gasteiger partial charge in [0, 0.05) is 48.8 Å². The van der Waals surface area contributed by atoms with Crippen LogP contribution in [0.1, 0.15) is 57.1 Å². The van der Waals surface area contributed by atoms with Gasteiger partial charge in [0.1, 0.15) is 5.82 Å². The van der Waals surface area contributed by atoms with Crippen LogP contribution in [0.5, 0.6) is 0 Å². The summed E-state index contributed by atoms with van der Waals surface area (Å²) in [4.78, 5) is 7.13. The average molecular weight is 486 g/mol. The predicted octanol–water partition coefficient (Wildman–Crippen LogP) is 5.37. The number of nitrogens with one attached hydrogen (secondary N) is 2. The lowest BCUT2D eigenvalue weighted by molar-refractivity contribution is 0.199. The third kappa shape index (κ3) is 6.00. The highest BCUT2D eigenvalue weighted by Gasteiger charge is 2.29. The number of aliphatic hydroxyl groups excluding tert-OH is 1. The second kappa shape index (κ2) is 11.3. The normalized spacial score (nSPS) is 23.3. The van der Waals surface area contributed by atoms with Crippen molar-refractivity contribution in [2.45, 2.75) is 69.7 Å². The molecule has 5 N–H and O–H groups in total. The Morgan fingerprint density at radius 2 is 1.72 bits per heavy atom. The maximum Gasteiger partial charge on any atom is 0.126 e. The van der Waals surface area contributed by atoms with Gasteiger partial charge in [0.2, 0.25) is 0 Å². The standard InChI is InChI=1S/C30H39N5O/c1-21(36)22-6-4-7-23(18-22)24-15-16-32-30(19-24)34-29-10-3-2-9-28(29)33-26-8-5-17-35(20-26)27-13-11-25(31)12-14-27/h4,6-7,11-16,18-19,21,26,28-29,33,36H,2-3,5,8-10,17,20,31H2,1H3,(H,32,34)/t21-,26+,28-,29-/m1/s1. The van der Waals surface area contributed by atoms with Gasteiger partial charge in [-0.05, 0) is 91.8 Å². The summed E-state index contributed by atoms with van der Waals surface area (Å²) in [6, 6.07) is 21.8. The van der Waals surface area contributed by atoms with Crippen molar-refractivity contribution in [1.82, 2.24) is 10.3 Å². The van der Waals surface area contributed by atoms with Crippen LogP contribution in [0.15, 0.2) is 66.9 Å². The quantitative estimate of drug-likeness (QED) is 0.337. The molecule has 3 aromatic rings. The molecule has 36 heavy (non-hydrogen) atoms. The number of nitrogens with zero attached hydrogens (tertiary/aromatic N) is 2. The summed E-state index contributed by atoms with van der Waals surface area (Å²) < 4.78 is 0. The van der Waals surface area contributed by atoms with Gasteiger partial charge in [-0.3, -0.25) is 0 Å². The zero-order chi connectivity index (χ0) is 24.9. The molecule has 190 valence electrons. The molecule has 5 rings (SSSR count). The number of anilines is 3. The number of aromatic nitrogens is 1. The van der Waals surface area contributed by atoms with E-state index in [0.717, 1.165) is 47.7 Å². The molecule has 2 heterocycles. The highest BCUT2D eigenvalue weighted by molar-refractivity contribution is 5.67. The number of piperidine rings is 1. The molecule has 2 fully saturated rings. The van der Waals surface area contributed by atoms with Crippen LogP contribution in [0.3, 0.4) is 0 Å². The molecule has 0 radical (unpaired) electrons. The summed E-state index contributed by atoms with van der Waals surface area (Å²) in [5.74, 6) is 0.917. The van der Waals surface area contributed by atoms with Crippen molar-refractivity contribution in [3.63, 3.8) is 0 Å². The van der Waals surface area contributed by atoms with Crippen LogP contribution < -0.4 is 21.3 Å². The van der Waals surface area contributed by atoms with Crippen molar-refractivity contribution in [1.29, 1.82) is 0 Å². The molecule has 1 saturated carbocycles. The topological polar surface area (TPSA) is 86.4 Å². The Balaban J connectivity index is 1.25. The first-order valence-corrected chi connectivity index (χ1v) is 13.4. The Morgan fingerprint density at radius 1 is 0.944 bits per heavy atom. The number of pyridine rings is 1. The van der Waals surface area contributed by atoms with Crippen LogP contribution in [0, 0.1) is 0 Å². The average Bonchev–Trinajstić information content (AvgIpc) is 2.91. The number of aliphatic hydroxyl groups is 1. The smallest absolute Gasteiger partial charge is 0.126 e. The van der Waals surface area contributed by atoms with Crippen molar-refractivity contribution >= 4 is 17.2 Å². The van der Waals surface area contributed by atoms with Crippen molar-refractivity contribution in [3.8, 4) is 11.1 Å². The minimum atomic E-state index is -0.478.